The van der Waals surface area contributed by atoms with Gasteiger partial charge in [0.1, 0.15) is 0 Å². The fourth-order valence-corrected chi connectivity index (χ4v) is 1.41. The molecule has 162 valence electrons. The Hall–Kier alpha value is -2.34. The van der Waals surface area contributed by atoms with Gasteiger partial charge in [-0.25, -0.2) is 21.7 Å². The number of benzene rings is 1. The van der Waals surface area contributed by atoms with Gasteiger partial charge in [0.15, 0.2) is 0 Å². The summed E-state index contributed by atoms with van der Waals surface area (Å²) in [6.45, 7) is 9.20. The van der Waals surface area contributed by atoms with Gasteiger partial charge in [-0.3, -0.25) is 6.08 Å². The summed E-state index contributed by atoms with van der Waals surface area (Å²) >= 11 is 1.81. The Bertz CT molecular complexity index is 731. The van der Waals surface area contributed by atoms with Gasteiger partial charge in [-0.1, -0.05) is 19.2 Å². The maximum Gasteiger partial charge on any atom is -0.0809 e. The Morgan fingerprint density at radius 3 is 1.80 bits per heavy atom. The molecule has 2 aromatic carbocycles. The van der Waals surface area contributed by atoms with Crippen LogP contribution in [0.2, 0.25) is 0 Å². The number of allylic oxidation sites excluding steroid dienone is 4. The Balaban J connectivity index is -0.000000147. The van der Waals surface area contributed by atoms with Crippen LogP contribution in [-0.4, -0.2) is 29.8 Å². The molecule has 0 saturated heterocycles. The van der Waals surface area contributed by atoms with Gasteiger partial charge >= 0.3 is 38.7 Å². The summed E-state index contributed by atoms with van der Waals surface area (Å²) in [5, 5.41) is 18.4. The molecule has 0 spiro atoms. The molecule has 2 radical (unpaired) electrons. The molecule has 1 aliphatic carbocycles. The average Bonchev–Trinajstić information content (AvgIpc) is 3.39. The van der Waals surface area contributed by atoms with Gasteiger partial charge in [-0.2, -0.15) is 23.6 Å². The van der Waals surface area contributed by atoms with Crippen LogP contribution in [0.4, 0.5) is 0 Å². The minimum Gasteiger partial charge on any atom is -0.168 e. The fraction of sp³-hybridized carbons (Fsp3) is 0.125. The Morgan fingerprint density at radius 2 is 1.50 bits per heavy atom. The third-order valence-electron chi connectivity index (χ3n) is 2.86. The molecular formula is C24H30O4SiTi-4. The van der Waals surface area contributed by atoms with Crippen LogP contribution in [0.3, 0.4) is 0 Å². The zero-order valence-electron chi connectivity index (χ0n) is 18.1. The first-order valence-corrected chi connectivity index (χ1v) is 10.9. The largest absolute Gasteiger partial charge is 0.168 e. The predicted octanol–water partition coefficient (Wildman–Crippen LogP) is 5.68. The number of fused-ring (bicyclic) bond motifs is 1. The quantitative estimate of drug-likeness (QED) is 0.345. The number of hydrogen-bond acceptors (Lipinski definition) is 2. The van der Waals surface area contributed by atoms with Gasteiger partial charge in [0.05, 0.1) is 0 Å². The number of carboxylic acids is 2. The minimum absolute atomic E-state index is 0. The summed E-state index contributed by atoms with van der Waals surface area (Å²) in [5.41, 5.74) is 0.352. The Morgan fingerprint density at radius 1 is 1.03 bits per heavy atom. The van der Waals surface area contributed by atoms with Crippen molar-refractivity contribution in [1.82, 2.24) is 0 Å². The van der Waals surface area contributed by atoms with Gasteiger partial charge in [0.25, 0.3) is 0 Å². The molecule has 0 amide bonds. The van der Waals surface area contributed by atoms with Crippen molar-refractivity contribution in [2.24, 2.45) is 0 Å². The van der Waals surface area contributed by atoms with Crippen molar-refractivity contribution in [3.05, 3.63) is 106 Å². The van der Waals surface area contributed by atoms with Crippen molar-refractivity contribution >= 4 is 30.3 Å². The maximum absolute atomic E-state index is 9.60. The normalized spacial score (nSPS) is 9.10. The van der Waals surface area contributed by atoms with E-state index in [-0.39, 0.29) is 26.0 Å². The summed E-state index contributed by atoms with van der Waals surface area (Å²) in [6.07, 6.45) is 10.0. The first kappa shape index (κ1) is 35.1. The van der Waals surface area contributed by atoms with E-state index in [2.05, 4.69) is 75.4 Å². The van der Waals surface area contributed by atoms with E-state index in [0.29, 0.717) is 0 Å². The Kier molecular flexibility index (Phi) is 26.9. The molecule has 0 bridgehead atoms. The second kappa shape index (κ2) is 22.9. The molecule has 4 nitrogen and oxygen atoms in total. The van der Waals surface area contributed by atoms with Crippen molar-refractivity contribution in [3.63, 3.8) is 0 Å². The molecule has 2 N–H and O–H groups in total. The number of carboxylic acid groups (broad SMARTS) is 2. The molecule has 1 aliphatic rings. The number of aliphatic carboxylic acids is 2. The van der Waals surface area contributed by atoms with Gasteiger partial charge < -0.3 is 25.1 Å². The van der Waals surface area contributed by atoms with Gasteiger partial charge in [0.2, 0.25) is 0 Å². The number of rotatable bonds is 2. The summed E-state index contributed by atoms with van der Waals surface area (Å²) in [4.78, 5) is 19.2. The van der Waals surface area contributed by atoms with Crippen LogP contribution in [-0.2, 0) is 28.8 Å². The molecule has 0 aliphatic heterocycles. The molecule has 30 heavy (non-hydrogen) atoms. The van der Waals surface area contributed by atoms with Crippen LogP contribution in [0.15, 0.2) is 85.0 Å². The third kappa shape index (κ3) is 20.4. The summed E-state index contributed by atoms with van der Waals surface area (Å²) in [6, 6.07) is 14.7. The standard InChI is InChI=1S/C9H7.C5H5.2C4H6O2.2CH3.Si.Ti/c1-2-5-9-7-3-6-8(9)4-1;1-2-4-5-3-1;2*1-3(2)4(5)6;;;;/h1-7H;1-3H,4H2;2*1H2,2H3,(H,5,6);2*1H3;;/q2*-1;;;2*-1;;. The number of hydrogen-bond donors (Lipinski definition) is 2. The van der Waals surface area contributed by atoms with Crippen LogP contribution in [0, 0.1) is 20.9 Å². The topological polar surface area (TPSA) is 74.6 Å². The molecule has 0 saturated carbocycles. The molecule has 0 heterocycles. The van der Waals surface area contributed by atoms with Gasteiger partial charge in [-0.15, -0.1) is 36.1 Å². The molecular weight excluding hydrogens is 428 g/mol. The van der Waals surface area contributed by atoms with Gasteiger partial charge in [-0.05, 0) is 13.8 Å². The molecule has 0 fully saturated rings. The Labute approximate surface area is 195 Å². The second-order valence-corrected chi connectivity index (χ2v) is 5.33. The smallest absolute Gasteiger partial charge is 0.0809 e. The van der Waals surface area contributed by atoms with Crippen LogP contribution >= 0.6 is 0 Å². The van der Waals surface area contributed by atoms with Crippen molar-refractivity contribution in [2.75, 3.05) is 0 Å². The van der Waals surface area contributed by atoms with E-state index in [0.717, 1.165) is 6.42 Å². The SMILES string of the molecule is C=C(C)C(=O)O.C=C(C)C(=O)O.[C-]1=CC=CC1.[CH3-].[CH3-].[Si]=[Ti].c1ccc2[cH-]ccc2c1. The van der Waals surface area contributed by atoms with Crippen LogP contribution < -0.4 is 0 Å². The van der Waals surface area contributed by atoms with Crippen molar-refractivity contribution in [1.29, 1.82) is 0 Å². The van der Waals surface area contributed by atoms with E-state index in [1.165, 1.54) is 24.6 Å². The van der Waals surface area contributed by atoms with E-state index < -0.39 is 11.9 Å². The van der Waals surface area contributed by atoms with Crippen molar-refractivity contribution < 1.29 is 39.0 Å². The zero-order chi connectivity index (χ0) is 21.9. The van der Waals surface area contributed by atoms with Crippen molar-refractivity contribution in [3.8, 4) is 0 Å². The summed E-state index contributed by atoms with van der Waals surface area (Å²) < 4.78 is 0. The average molecular weight is 458 g/mol. The fourth-order valence-electron chi connectivity index (χ4n) is 1.41. The van der Waals surface area contributed by atoms with E-state index in [1.807, 2.05) is 12.2 Å². The molecule has 3 rings (SSSR count). The maximum atomic E-state index is 9.60. The molecule has 2 aromatic rings. The van der Waals surface area contributed by atoms with E-state index in [1.54, 1.807) is 19.2 Å². The van der Waals surface area contributed by atoms with Crippen molar-refractivity contribution in [2.45, 2.75) is 20.3 Å². The van der Waals surface area contributed by atoms with Crippen LogP contribution in [0.1, 0.15) is 20.3 Å². The van der Waals surface area contributed by atoms with E-state index in [4.69, 9.17) is 10.2 Å². The first-order valence-electron chi connectivity index (χ1n) is 8.10. The van der Waals surface area contributed by atoms with Crippen LogP contribution in [0.5, 0.6) is 0 Å². The van der Waals surface area contributed by atoms with E-state index >= 15 is 0 Å². The van der Waals surface area contributed by atoms with E-state index in [9.17, 15) is 9.59 Å². The van der Waals surface area contributed by atoms with Gasteiger partial charge in [0, 0.05) is 11.1 Å². The number of carbonyl (C=O) groups is 2. The summed E-state index contributed by atoms with van der Waals surface area (Å²) in [7, 11) is 2.97. The predicted molar refractivity (Wildman–Crippen MR) is 125 cm³/mol. The zero-order valence-corrected chi connectivity index (χ0v) is 20.7. The summed E-state index contributed by atoms with van der Waals surface area (Å²) in [5.74, 6) is -1.87. The molecule has 0 atom stereocenters. The minimum atomic E-state index is -0.935. The third-order valence-corrected chi connectivity index (χ3v) is 2.86. The molecule has 0 aromatic heterocycles. The first-order chi connectivity index (χ1) is 13.3. The molecule has 6 heteroatoms. The van der Waals surface area contributed by atoms with Crippen LogP contribution in [0.25, 0.3) is 10.8 Å². The monoisotopic (exact) mass is 458 g/mol. The molecule has 0 unspecified atom stereocenters. The second-order valence-electron chi connectivity index (χ2n) is 5.33.